The number of methoxy groups -OCH3 is 1. The second-order valence-corrected chi connectivity index (χ2v) is 8.62. The van der Waals surface area contributed by atoms with E-state index in [2.05, 4.69) is 6.58 Å². The topological polar surface area (TPSA) is 91.3 Å². The number of ether oxygens (including phenoxy) is 4. The van der Waals surface area contributed by atoms with E-state index >= 15 is 0 Å². The molecule has 8 atom stereocenters. The smallest absolute Gasteiger partial charge is 0.318 e. The van der Waals surface area contributed by atoms with Gasteiger partial charge in [-0.25, -0.2) is 0 Å². The maximum absolute atomic E-state index is 13.0. The molecule has 7 nitrogen and oxygen atoms in total. The van der Waals surface area contributed by atoms with E-state index in [1.807, 2.05) is 6.92 Å². The van der Waals surface area contributed by atoms with Crippen LogP contribution in [0.2, 0.25) is 0 Å². The van der Waals surface area contributed by atoms with E-state index in [-0.39, 0.29) is 18.1 Å². The molecule has 4 heterocycles. The first-order valence-corrected chi connectivity index (χ1v) is 9.24. The molecule has 4 aliphatic rings. The van der Waals surface area contributed by atoms with Crippen molar-refractivity contribution < 1.29 is 33.6 Å². The standard InChI is InChI=1S/C20H26O7/c1-9(2)20(23)19(5)14-12(27-20)8-18(4)13(21)7-11(26-18)10(3)15(24-6)16(14)25-17(19)22/h7,10,12,14-16,23H,1,8H2,2-6H3. The van der Waals surface area contributed by atoms with E-state index in [0.717, 1.165) is 0 Å². The van der Waals surface area contributed by atoms with Crippen molar-refractivity contribution in [2.75, 3.05) is 7.11 Å². The molecule has 27 heavy (non-hydrogen) atoms. The molecular formula is C20H26O7. The summed E-state index contributed by atoms with van der Waals surface area (Å²) >= 11 is 0. The van der Waals surface area contributed by atoms with Gasteiger partial charge in [0, 0.05) is 31.4 Å². The molecule has 3 fully saturated rings. The van der Waals surface area contributed by atoms with Crippen LogP contribution in [0.3, 0.4) is 0 Å². The van der Waals surface area contributed by atoms with Gasteiger partial charge in [-0.05, 0) is 26.3 Å². The summed E-state index contributed by atoms with van der Waals surface area (Å²) in [5.41, 5.74) is -2.15. The Labute approximate surface area is 158 Å². The summed E-state index contributed by atoms with van der Waals surface area (Å²) in [5, 5.41) is 11.3. The lowest BCUT2D eigenvalue weighted by Crippen LogP contribution is -2.50. The molecule has 7 heteroatoms. The van der Waals surface area contributed by atoms with E-state index in [9.17, 15) is 14.7 Å². The Morgan fingerprint density at radius 3 is 2.63 bits per heavy atom. The molecule has 0 saturated carbocycles. The fourth-order valence-electron chi connectivity index (χ4n) is 5.29. The number of fused-ring (bicyclic) bond motifs is 2. The maximum Gasteiger partial charge on any atom is 0.318 e. The highest BCUT2D eigenvalue weighted by atomic mass is 16.7. The first kappa shape index (κ1) is 18.7. The van der Waals surface area contributed by atoms with Crippen molar-refractivity contribution in [3.8, 4) is 0 Å². The van der Waals surface area contributed by atoms with Crippen LogP contribution >= 0.6 is 0 Å². The minimum atomic E-state index is -1.89. The average molecular weight is 378 g/mol. The van der Waals surface area contributed by atoms with Crippen LogP contribution in [0.15, 0.2) is 24.0 Å². The highest BCUT2D eigenvalue weighted by Crippen LogP contribution is 2.61. The number of carbonyl (C=O) groups excluding carboxylic acids is 2. The quantitative estimate of drug-likeness (QED) is 0.575. The second kappa shape index (κ2) is 5.43. The predicted molar refractivity (Wildman–Crippen MR) is 93.3 cm³/mol. The van der Waals surface area contributed by atoms with Crippen molar-refractivity contribution in [1.82, 2.24) is 0 Å². The van der Waals surface area contributed by atoms with E-state index < -0.39 is 47.0 Å². The van der Waals surface area contributed by atoms with Crippen molar-refractivity contribution in [1.29, 1.82) is 0 Å². The largest absolute Gasteiger partial charge is 0.483 e. The third-order valence-electron chi connectivity index (χ3n) is 6.96. The highest BCUT2D eigenvalue weighted by Gasteiger charge is 2.76. The SMILES string of the molecule is C=C(C)C1(O)OC2CC3(C)OC(=CC3=O)C(C)C(OC)C3OC(=O)C1(C)C23. The van der Waals surface area contributed by atoms with Crippen LogP contribution in [-0.4, -0.2) is 53.7 Å². The fraction of sp³-hybridized carbons (Fsp3) is 0.700. The average Bonchev–Trinajstić information content (AvgIpc) is 3.11. The van der Waals surface area contributed by atoms with Crippen LogP contribution in [-0.2, 0) is 28.5 Å². The van der Waals surface area contributed by atoms with Gasteiger partial charge in [-0.15, -0.1) is 0 Å². The summed E-state index contributed by atoms with van der Waals surface area (Å²) in [4.78, 5) is 25.6. The van der Waals surface area contributed by atoms with Gasteiger partial charge in [0.25, 0.3) is 0 Å². The van der Waals surface area contributed by atoms with Crippen LogP contribution in [0.1, 0.15) is 34.1 Å². The zero-order chi connectivity index (χ0) is 19.9. The Hall–Kier alpha value is -1.70. The molecule has 4 rings (SSSR count). The summed E-state index contributed by atoms with van der Waals surface area (Å²) < 4.78 is 23.6. The number of carbonyl (C=O) groups is 2. The third-order valence-corrected chi connectivity index (χ3v) is 6.96. The highest BCUT2D eigenvalue weighted by molar-refractivity contribution is 5.99. The van der Waals surface area contributed by atoms with Crippen molar-refractivity contribution in [3.05, 3.63) is 24.0 Å². The summed E-state index contributed by atoms with van der Waals surface area (Å²) in [6, 6.07) is 0. The van der Waals surface area contributed by atoms with Gasteiger partial charge in [-0.1, -0.05) is 13.5 Å². The third kappa shape index (κ3) is 2.08. The lowest BCUT2D eigenvalue weighted by Gasteiger charge is -2.35. The molecule has 0 aromatic carbocycles. The number of aliphatic hydroxyl groups is 1. The van der Waals surface area contributed by atoms with E-state index in [1.54, 1.807) is 20.8 Å². The monoisotopic (exact) mass is 378 g/mol. The molecule has 1 N–H and O–H groups in total. The Kier molecular flexibility index (Phi) is 3.75. The normalized spacial score (nSPS) is 50.9. The van der Waals surface area contributed by atoms with Gasteiger partial charge in [0.2, 0.25) is 11.6 Å². The summed E-state index contributed by atoms with van der Waals surface area (Å²) in [6.07, 6.45) is -0.134. The molecule has 0 aromatic heterocycles. The van der Waals surface area contributed by atoms with E-state index in [0.29, 0.717) is 11.3 Å². The van der Waals surface area contributed by atoms with E-state index in [4.69, 9.17) is 18.9 Å². The fourth-order valence-corrected chi connectivity index (χ4v) is 5.29. The number of ketones is 1. The van der Waals surface area contributed by atoms with Gasteiger partial charge in [-0.3, -0.25) is 9.59 Å². The van der Waals surface area contributed by atoms with Crippen LogP contribution in [0.5, 0.6) is 0 Å². The van der Waals surface area contributed by atoms with Crippen molar-refractivity contribution in [3.63, 3.8) is 0 Å². The van der Waals surface area contributed by atoms with E-state index in [1.165, 1.54) is 13.2 Å². The first-order valence-electron chi connectivity index (χ1n) is 9.24. The van der Waals surface area contributed by atoms with Crippen LogP contribution < -0.4 is 0 Å². The van der Waals surface area contributed by atoms with Crippen molar-refractivity contribution >= 4 is 11.8 Å². The second-order valence-electron chi connectivity index (χ2n) is 8.62. The number of rotatable bonds is 2. The number of hydrogen-bond donors (Lipinski definition) is 1. The molecule has 8 unspecified atom stereocenters. The summed E-state index contributed by atoms with van der Waals surface area (Å²) in [5.74, 6) is -2.87. The number of hydrogen-bond acceptors (Lipinski definition) is 7. The van der Waals surface area contributed by atoms with Crippen LogP contribution in [0.4, 0.5) is 0 Å². The molecule has 2 bridgehead atoms. The van der Waals surface area contributed by atoms with Gasteiger partial charge < -0.3 is 24.1 Å². The molecule has 3 saturated heterocycles. The van der Waals surface area contributed by atoms with Crippen molar-refractivity contribution in [2.45, 2.75) is 63.8 Å². The Morgan fingerprint density at radius 2 is 2.04 bits per heavy atom. The molecule has 0 spiro atoms. The molecule has 0 radical (unpaired) electrons. The van der Waals surface area contributed by atoms with Crippen LogP contribution in [0.25, 0.3) is 0 Å². The molecule has 0 aromatic rings. The molecule has 4 aliphatic heterocycles. The lowest BCUT2D eigenvalue weighted by molar-refractivity contribution is -0.221. The molecule has 0 amide bonds. The van der Waals surface area contributed by atoms with Crippen molar-refractivity contribution in [2.24, 2.45) is 17.3 Å². The maximum atomic E-state index is 13.0. The first-order chi connectivity index (χ1) is 12.5. The molecular weight excluding hydrogens is 352 g/mol. The Balaban J connectivity index is 1.90. The molecule has 0 aliphatic carbocycles. The zero-order valence-electron chi connectivity index (χ0n) is 16.3. The summed E-state index contributed by atoms with van der Waals surface area (Å²) in [7, 11) is 1.54. The Morgan fingerprint density at radius 1 is 1.37 bits per heavy atom. The Bertz CT molecular complexity index is 772. The lowest BCUT2D eigenvalue weighted by atomic mass is 9.66. The van der Waals surface area contributed by atoms with Gasteiger partial charge in [-0.2, -0.15) is 0 Å². The zero-order valence-corrected chi connectivity index (χ0v) is 16.3. The minimum absolute atomic E-state index is 0.154. The molecule has 148 valence electrons. The summed E-state index contributed by atoms with van der Waals surface area (Å²) in [6.45, 7) is 10.7. The number of esters is 1. The van der Waals surface area contributed by atoms with Gasteiger partial charge in [0.15, 0.2) is 5.60 Å². The van der Waals surface area contributed by atoms with Gasteiger partial charge in [0.1, 0.15) is 23.4 Å². The van der Waals surface area contributed by atoms with Crippen LogP contribution in [0, 0.1) is 17.3 Å². The minimum Gasteiger partial charge on any atom is -0.483 e. The van der Waals surface area contributed by atoms with Gasteiger partial charge in [0.05, 0.1) is 6.10 Å². The van der Waals surface area contributed by atoms with Gasteiger partial charge >= 0.3 is 5.97 Å². The predicted octanol–water partition coefficient (Wildman–Crippen LogP) is 1.49.